The first-order valence-electron chi connectivity index (χ1n) is 4.85. The third-order valence-corrected chi connectivity index (χ3v) is 5.53. The standard InChI is InChI=1S/C8F5S.3CH3.Sn/c1-2-14-8-6(12)4(10)3(9)5(11)7(8)13;;;;/h;3*1H3;. The van der Waals surface area contributed by atoms with E-state index < -0.39 is 52.4 Å². The van der Waals surface area contributed by atoms with Crippen LogP contribution in [0.15, 0.2) is 4.90 Å². The molecule has 0 saturated heterocycles. The van der Waals surface area contributed by atoms with E-state index in [1.807, 2.05) is 14.8 Å². The summed E-state index contributed by atoms with van der Waals surface area (Å²) in [5, 5.41) is 2.42. The van der Waals surface area contributed by atoms with Gasteiger partial charge in [0.1, 0.15) is 0 Å². The van der Waals surface area contributed by atoms with E-state index in [1.165, 1.54) is 0 Å². The Kier molecular flexibility index (Phi) is 4.95. The summed E-state index contributed by atoms with van der Waals surface area (Å²) in [5.74, 6) is -9.73. The predicted molar refractivity (Wildman–Crippen MR) is 63.2 cm³/mol. The maximum absolute atomic E-state index is 13.2. The van der Waals surface area contributed by atoms with Crippen LogP contribution in [0.25, 0.3) is 0 Å². The molecule has 0 nitrogen and oxygen atoms in total. The third kappa shape index (κ3) is 3.54. The zero-order chi connectivity index (χ0) is 14.1. The molecular formula is C11H9F5SSn. The van der Waals surface area contributed by atoms with Crippen LogP contribution in [0.5, 0.6) is 0 Å². The van der Waals surface area contributed by atoms with Crippen LogP contribution in [0.3, 0.4) is 0 Å². The summed E-state index contributed by atoms with van der Waals surface area (Å²) in [6, 6.07) is 0. The molecule has 0 amide bonds. The van der Waals surface area contributed by atoms with Gasteiger partial charge in [-0.05, 0) is 0 Å². The molecule has 1 aromatic rings. The minimum absolute atomic E-state index is 0.332. The number of halogens is 5. The zero-order valence-electron chi connectivity index (χ0n) is 9.80. The molecule has 0 radical (unpaired) electrons. The number of rotatable bonds is 1. The minimum atomic E-state index is -2.46. The fraction of sp³-hybridized carbons (Fsp3) is 0.273. The van der Waals surface area contributed by atoms with Crippen LogP contribution in [0.2, 0.25) is 14.8 Å². The number of hydrogen-bond donors (Lipinski definition) is 0. The van der Waals surface area contributed by atoms with Crippen LogP contribution < -0.4 is 0 Å². The second kappa shape index (κ2) is 5.70. The molecule has 0 spiro atoms. The van der Waals surface area contributed by atoms with Crippen molar-refractivity contribution in [1.82, 2.24) is 0 Å². The van der Waals surface area contributed by atoms with E-state index in [2.05, 4.69) is 9.19 Å². The van der Waals surface area contributed by atoms with Gasteiger partial charge in [-0.15, -0.1) is 0 Å². The second-order valence-corrected chi connectivity index (χ2v) is 18.9. The molecule has 0 heterocycles. The van der Waals surface area contributed by atoms with E-state index in [0.717, 1.165) is 0 Å². The quantitative estimate of drug-likeness (QED) is 0.173. The molecule has 0 saturated carbocycles. The van der Waals surface area contributed by atoms with Gasteiger partial charge in [0.2, 0.25) is 0 Å². The van der Waals surface area contributed by atoms with Crippen LogP contribution >= 0.6 is 11.8 Å². The van der Waals surface area contributed by atoms with E-state index in [-0.39, 0.29) is 0 Å². The van der Waals surface area contributed by atoms with Crippen LogP contribution in [-0.2, 0) is 0 Å². The first kappa shape index (κ1) is 15.6. The van der Waals surface area contributed by atoms with Crippen LogP contribution in [0.4, 0.5) is 22.0 Å². The van der Waals surface area contributed by atoms with Crippen molar-refractivity contribution in [1.29, 1.82) is 0 Å². The van der Waals surface area contributed by atoms with Crippen LogP contribution in [0.1, 0.15) is 0 Å². The Hall–Kier alpha value is -0.421. The fourth-order valence-corrected chi connectivity index (χ4v) is 4.78. The van der Waals surface area contributed by atoms with Gasteiger partial charge in [-0.3, -0.25) is 0 Å². The van der Waals surface area contributed by atoms with Gasteiger partial charge in [-0.1, -0.05) is 0 Å². The Morgan fingerprint density at radius 3 is 1.56 bits per heavy atom. The maximum atomic E-state index is 13.2. The first-order chi connectivity index (χ1) is 8.15. The van der Waals surface area contributed by atoms with E-state index in [0.29, 0.717) is 11.8 Å². The molecule has 1 rings (SSSR count). The Morgan fingerprint density at radius 1 is 0.778 bits per heavy atom. The summed E-state index contributed by atoms with van der Waals surface area (Å²) in [4.78, 5) is 4.93. The molecule has 0 aliphatic carbocycles. The van der Waals surface area contributed by atoms with Gasteiger partial charge >= 0.3 is 110 Å². The Morgan fingerprint density at radius 2 is 1.17 bits per heavy atom. The molecule has 18 heavy (non-hydrogen) atoms. The van der Waals surface area contributed by atoms with Crippen LogP contribution in [0, 0.1) is 38.3 Å². The van der Waals surface area contributed by atoms with Crippen molar-refractivity contribution in [3.8, 4) is 9.19 Å². The van der Waals surface area contributed by atoms with Crippen LogP contribution in [-0.4, -0.2) is 18.4 Å². The van der Waals surface area contributed by atoms with E-state index in [9.17, 15) is 22.0 Å². The second-order valence-electron chi connectivity index (χ2n) is 4.48. The summed E-state index contributed by atoms with van der Waals surface area (Å²) in [7, 11) is 0. The average molecular weight is 387 g/mol. The van der Waals surface area contributed by atoms with Crippen molar-refractivity contribution >= 4 is 30.1 Å². The zero-order valence-corrected chi connectivity index (χ0v) is 13.5. The van der Waals surface area contributed by atoms with Gasteiger partial charge in [-0.2, -0.15) is 0 Å². The fourth-order valence-electron chi connectivity index (χ4n) is 0.904. The Labute approximate surface area is 110 Å². The first-order valence-corrected chi connectivity index (χ1v) is 15.7. The van der Waals surface area contributed by atoms with Crippen molar-refractivity contribution < 1.29 is 22.0 Å². The normalized spacial score (nSPS) is 11.1. The molecule has 7 heteroatoms. The number of thioether (sulfide) groups is 1. The number of hydrogen-bond acceptors (Lipinski definition) is 1. The monoisotopic (exact) mass is 388 g/mol. The van der Waals surface area contributed by atoms with E-state index >= 15 is 0 Å². The van der Waals surface area contributed by atoms with Crippen molar-refractivity contribution in [2.75, 3.05) is 0 Å². The van der Waals surface area contributed by atoms with E-state index in [4.69, 9.17) is 0 Å². The van der Waals surface area contributed by atoms with Gasteiger partial charge < -0.3 is 0 Å². The summed E-state index contributed by atoms with van der Waals surface area (Å²) >= 11 is -2.13. The van der Waals surface area contributed by atoms with Crippen molar-refractivity contribution in [3.63, 3.8) is 0 Å². The topological polar surface area (TPSA) is 0 Å². The molecule has 0 aliphatic heterocycles. The molecule has 0 bridgehead atoms. The predicted octanol–water partition coefficient (Wildman–Crippen LogP) is 4.31. The molecule has 0 N–H and O–H groups in total. The molecule has 0 aliphatic rings. The summed E-state index contributed by atoms with van der Waals surface area (Å²) in [6.45, 7) is 0. The van der Waals surface area contributed by atoms with Gasteiger partial charge in [0.05, 0.1) is 0 Å². The molecule has 0 fully saturated rings. The van der Waals surface area contributed by atoms with Crippen molar-refractivity contribution in [2.45, 2.75) is 19.7 Å². The molecule has 1 aromatic carbocycles. The van der Waals surface area contributed by atoms with Crippen molar-refractivity contribution in [3.05, 3.63) is 29.1 Å². The average Bonchev–Trinajstić information content (AvgIpc) is 2.27. The van der Waals surface area contributed by atoms with Gasteiger partial charge in [0.25, 0.3) is 0 Å². The van der Waals surface area contributed by atoms with Gasteiger partial charge in [0, 0.05) is 0 Å². The molecule has 0 aromatic heterocycles. The SMILES string of the molecule is [CH3][Sn]([CH3])([CH3])[C]#CSc1c(F)c(F)c(F)c(F)c1F. The molecule has 98 valence electrons. The van der Waals surface area contributed by atoms with Gasteiger partial charge in [-0.25, -0.2) is 0 Å². The molecular weight excluding hydrogens is 378 g/mol. The summed E-state index contributed by atoms with van der Waals surface area (Å²) in [5.41, 5.74) is 0. The third-order valence-electron chi connectivity index (χ3n) is 1.75. The Balaban J connectivity index is 3.22. The Bertz CT molecular complexity index is 510. The van der Waals surface area contributed by atoms with E-state index in [1.54, 1.807) is 0 Å². The number of benzene rings is 1. The molecule has 0 unspecified atom stereocenters. The summed E-state index contributed by atoms with van der Waals surface area (Å²) in [6.07, 6.45) is 0. The van der Waals surface area contributed by atoms with Gasteiger partial charge in [0.15, 0.2) is 0 Å². The molecule has 0 atom stereocenters. The van der Waals surface area contributed by atoms with Crippen molar-refractivity contribution in [2.24, 2.45) is 0 Å². The summed E-state index contributed by atoms with van der Waals surface area (Å²) < 4.78 is 67.7.